The van der Waals surface area contributed by atoms with Gasteiger partial charge in [-0.3, -0.25) is 11.6 Å². The predicted molar refractivity (Wildman–Crippen MR) is 41.2 cm³/mol. The Hall–Kier alpha value is -1.17. The third-order valence-electron chi connectivity index (χ3n) is 1.44. The Morgan fingerprint density at radius 3 is 2.31 bits per heavy atom. The second kappa shape index (κ2) is 2.95. The fourth-order valence-corrected chi connectivity index (χ4v) is 1.04. The van der Waals surface area contributed by atoms with Crippen molar-refractivity contribution in [3.63, 3.8) is 0 Å². The number of anilines is 1. The molecule has 0 radical (unpaired) electrons. The van der Waals surface area contributed by atoms with E-state index in [1.54, 1.807) is 0 Å². The molecule has 0 atom stereocenters. The second-order valence-electron chi connectivity index (χ2n) is 2.33. The van der Waals surface area contributed by atoms with Gasteiger partial charge in [-0.15, -0.1) is 4.68 Å². The van der Waals surface area contributed by atoms with Gasteiger partial charge in [-0.2, -0.15) is 13.2 Å². The predicted octanol–water partition coefficient (Wildman–Crippen LogP) is 0.942. The first-order chi connectivity index (χ1) is 5.84. The first-order valence-electron chi connectivity index (χ1n) is 3.16. The van der Waals surface area contributed by atoms with E-state index in [1.807, 2.05) is 0 Å². The third-order valence-corrected chi connectivity index (χ3v) is 1.82. The van der Waals surface area contributed by atoms with Crippen LogP contribution >= 0.6 is 11.6 Å². The van der Waals surface area contributed by atoms with Gasteiger partial charge < -0.3 is 0 Å². The van der Waals surface area contributed by atoms with Gasteiger partial charge in [-0.25, -0.2) is 0 Å². The number of hydrogen-bond donors (Lipinski definition) is 2. The fraction of sp³-hybridized carbons (Fsp3) is 0.167. The monoisotopic (exact) mass is 212 g/mol. The normalized spacial score (nSPS) is 11.7. The van der Waals surface area contributed by atoms with Crippen LogP contribution < -0.4 is 16.3 Å². The number of nitrogens with two attached hydrogens (primary N) is 2. The molecular formula is C6H6ClF3N3+. The summed E-state index contributed by atoms with van der Waals surface area (Å²) in [5.74, 6) is 5.10. The number of nitrogen functional groups attached to an aromatic ring is 2. The van der Waals surface area contributed by atoms with Crippen LogP contribution in [0.2, 0.25) is 5.15 Å². The van der Waals surface area contributed by atoms with Gasteiger partial charge in [0.15, 0.2) is 0 Å². The Morgan fingerprint density at radius 2 is 1.85 bits per heavy atom. The Morgan fingerprint density at radius 1 is 1.31 bits per heavy atom. The van der Waals surface area contributed by atoms with Gasteiger partial charge in [0, 0.05) is 6.07 Å². The Kier molecular flexibility index (Phi) is 2.25. The molecule has 0 aromatic carbocycles. The van der Waals surface area contributed by atoms with E-state index in [2.05, 4.69) is 0 Å². The van der Waals surface area contributed by atoms with E-state index < -0.39 is 16.9 Å². The summed E-state index contributed by atoms with van der Waals surface area (Å²) in [5.41, 5.74) is 4.21. The first kappa shape index (κ1) is 9.91. The SMILES string of the molecule is Nc1ccc(C(F)(F)F)c(Cl)[n+]1N. The standard InChI is InChI=1S/C6H5ClF3N3/c7-5-3(6(8,9)10)1-2-4(11)13(5)12/h1-2,11H,12H2/p+1. The van der Waals surface area contributed by atoms with Crippen LogP contribution in [0.4, 0.5) is 19.0 Å². The fourth-order valence-electron chi connectivity index (χ4n) is 0.772. The lowest BCUT2D eigenvalue weighted by Gasteiger charge is -2.08. The number of hydrogen-bond acceptors (Lipinski definition) is 2. The van der Waals surface area contributed by atoms with Crippen molar-refractivity contribution in [1.29, 1.82) is 0 Å². The van der Waals surface area contributed by atoms with Gasteiger partial charge in [0.2, 0.25) is 5.15 Å². The molecule has 1 heterocycles. The molecule has 0 aliphatic carbocycles. The van der Waals surface area contributed by atoms with E-state index in [0.29, 0.717) is 4.68 Å². The van der Waals surface area contributed by atoms with Gasteiger partial charge in [0.05, 0.1) is 0 Å². The van der Waals surface area contributed by atoms with Crippen LogP contribution in [0.15, 0.2) is 12.1 Å². The summed E-state index contributed by atoms with van der Waals surface area (Å²) in [7, 11) is 0. The Balaban J connectivity index is 3.35. The van der Waals surface area contributed by atoms with Crippen molar-refractivity contribution in [2.24, 2.45) is 0 Å². The number of alkyl halides is 3. The summed E-state index contributed by atoms with van der Waals surface area (Å²) in [6.45, 7) is 0. The topological polar surface area (TPSA) is 55.9 Å². The lowest BCUT2D eigenvalue weighted by Crippen LogP contribution is -2.49. The molecule has 1 aromatic rings. The zero-order valence-corrected chi connectivity index (χ0v) is 7.02. The van der Waals surface area contributed by atoms with Crippen LogP contribution in [0.5, 0.6) is 0 Å². The Labute approximate surface area is 76.7 Å². The molecule has 72 valence electrons. The molecule has 3 nitrogen and oxygen atoms in total. The maximum atomic E-state index is 12.2. The molecule has 13 heavy (non-hydrogen) atoms. The number of rotatable bonds is 0. The summed E-state index contributed by atoms with van der Waals surface area (Å²) in [6, 6.07) is 1.82. The minimum Gasteiger partial charge on any atom is -0.285 e. The summed E-state index contributed by atoms with van der Waals surface area (Å²) in [4.78, 5) is 0. The van der Waals surface area contributed by atoms with E-state index in [-0.39, 0.29) is 5.82 Å². The molecule has 1 aromatic heterocycles. The molecule has 0 fully saturated rings. The van der Waals surface area contributed by atoms with Gasteiger partial charge in [-0.1, -0.05) is 0 Å². The highest BCUT2D eigenvalue weighted by molar-refractivity contribution is 6.29. The lowest BCUT2D eigenvalue weighted by atomic mass is 10.3. The molecule has 0 bridgehead atoms. The molecule has 0 aliphatic rings. The van der Waals surface area contributed by atoms with Crippen molar-refractivity contribution in [3.8, 4) is 0 Å². The number of nitrogens with zero attached hydrogens (tertiary/aromatic N) is 1. The summed E-state index contributed by atoms with van der Waals surface area (Å²) in [6.07, 6.45) is -4.52. The molecule has 0 spiro atoms. The van der Waals surface area contributed by atoms with Crippen molar-refractivity contribution in [3.05, 3.63) is 22.8 Å². The van der Waals surface area contributed by atoms with Crippen molar-refractivity contribution in [2.75, 3.05) is 11.6 Å². The zero-order valence-electron chi connectivity index (χ0n) is 6.27. The van der Waals surface area contributed by atoms with Crippen molar-refractivity contribution in [1.82, 2.24) is 0 Å². The van der Waals surface area contributed by atoms with Crippen LogP contribution in [0.1, 0.15) is 5.56 Å². The van der Waals surface area contributed by atoms with E-state index in [1.165, 1.54) is 0 Å². The molecule has 0 unspecified atom stereocenters. The van der Waals surface area contributed by atoms with Gasteiger partial charge in [0.1, 0.15) is 5.56 Å². The van der Waals surface area contributed by atoms with E-state index in [4.69, 9.17) is 23.2 Å². The highest BCUT2D eigenvalue weighted by atomic mass is 35.5. The number of aromatic nitrogens is 1. The van der Waals surface area contributed by atoms with E-state index in [0.717, 1.165) is 12.1 Å². The average Bonchev–Trinajstić information content (AvgIpc) is 1.98. The Bertz CT molecular complexity index is 337. The molecule has 1 rings (SSSR count). The second-order valence-corrected chi connectivity index (χ2v) is 2.69. The molecule has 4 N–H and O–H groups in total. The average molecular weight is 213 g/mol. The maximum absolute atomic E-state index is 12.2. The van der Waals surface area contributed by atoms with Crippen molar-refractivity contribution >= 4 is 17.4 Å². The molecule has 7 heteroatoms. The van der Waals surface area contributed by atoms with Gasteiger partial charge >= 0.3 is 6.18 Å². The molecule has 0 amide bonds. The summed E-state index contributed by atoms with van der Waals surface area (Å²) >= 11 is 5.32. The third kappa shape index (κ3) is 1.77. The van der Waals surface area contributed by atoms with Crippen LogP contribution in [-0.4, -0.2) is 0 Å². The molecule has 0 saturated carbocycles. The van der Waals surface area contributed by atoms with Crippen molar-refractivity contribution in [2.45, 2.75) is 6.18 Å². The first-order valence-corrected chi connectivity index (χ1v) is 3.54. The zero-order chi connectivity index (χ0) is 10.2. The molecule has 0 aliphatic heterocycles. The summed E-state index contributed by atoms with van der Waals surface area (Å²) in [5, 5.41) is -0.632. The highest BCUT2D eigenvalue weighted by Gasteiger charge is 2.36. The molecular weight excluding hydrogens is 207 g/mol. The highest BCUT2D eigenvalue weighted by Crippen LogP contribution is 2.32. The minimum atomic E-state index is -4.52. The maximum Gasteiger partial charge on any atom is 0.421 e. The van der Waals surface area contributed by atoms with Crippen LogP contribution in [0, 0.1) is 0 Å². The van der Waals surface area contributed by atoms with Gasteiger partial charge in [0.25, 0.3) is 5.82 Å². The van der Waals surface area contributed by atoms with Crippen LogP contribution in [0.25, 0.3) is 0 Å². The largest absolute Gasteiger partial charge is 0.421 e. The van der Waals surface area contributed by atoms with Crippen LogP contribution in [-0.2, 0) is 6.18 Å². The van der Waals surface area contributed by atoms with Crippen LogP contribution in [0.3, 0.4) is 0 Å². The lowest BCUT2D eigenvalue weighted by molar-refractivity contribution is -0.622. The quantitative estimate of drug-likeness (QED) is 0.382. The van der Waals surface area contributed by atoms with E-state index in [9.17, 15) is 13.2 Å². The minimum absolute atomic E-state index is 0.0435. The van der Waals surface area contributed by atoms with Crippen molar-refractivity contribution < 1.29 is 17.8 Å². The number of halogens is 4. The summed E-state index contributed by atoms with van der Waals surface area (Å²) < 4.78 is 37.1. The molecule has 0 saturated heterocycles. The number of pyridine rings is 1. The van der Waals surface area contributed by atoms with Gasteiger partial charge in [-0.05, 0) is 17.7 Å². The van der Waals surface area contributed by atoms with E-state index >= 15 is 0 Å². The smallest absolute Gasteiger partial charge is 0.285 e.